The lowest BCUT2D eigenvalue weighted by Crippen LogP contribution is -2.31. The van der Waals surface area contributed by atoms with Crippen molar-refractivity contribution in [2.24, 2.45) is 5.73 Å². The first-order chi connectivity index (χ1) is 8.31. The second-order valence-electron chi connectivity index (χ2n) is 3.94. The molecule has 0 aliphatic heterocycles. The Labute approximate surface area is 101 Å². The molecule has 0 spiro atoms. The van der Waals surface area contributed by atoms with E-state index in [1.807, 2.05) is 18.2 Å². The molecule has 1 amide bonds. The predicted octanol–water partition coefficient (Wildman–Crippen LogP) is 1.46. The first-order valence-electron chi connectivity index (χ1n) is 5.74. The minimum Gasteiger partial charge on any atom is -0.355 e. The first kappa shape index (κ1) is 11.6. The molecule has 0 heterocycles. The molecule has 0 unspecified atom stereocenters. The van der Waals surface area contributed by atoms with Crippen LogP contribution in [0.3, 0.4) is 0 Å². The number of fused-ring (bicyclic) bond motifs is 1. The lowest BCUT2D eigenvalue weighted by molar-refractivity contribution is -0.119. The Morgan fingerprint density at radius 1 is 1.12 bits per heavy atom. The molecule has 2 rings (SSSR count). The van der Waals surface area contributed by atoms with Crippen LogP contribution in [0.4, 0.5) is 0 Å². The molecule has 0 bridgehead atoms. The molecule has 3 N–H and O–H groups in total. The van der Waals surface area contributed by atoms with Crippen molar-refractivity contribution in [2.75, 3.05) is 13.1 Å². The maximum absolute atomic E-state index is 11.0. The smallest absolute Gasteiger partial charge is 0.233 e. The van der Waals surface area contributed by atoms with E-state index in [0.29, 0.717) is 6.54 Å². The average Bonchev–Trinajstić information content (AvgIpc) is 2.39. The highest BCUT2D eigenvalue weighted by Crippen LogP contribution is 2.18. The standard InChI is InChI=1S/C14H16N2O/c15-10-14(17)16-9-8-12-6-3-5-11-4-1-2-7-13(11)12/h1-7H,8-10,15H2,(H,16,17). The van der Waals surface area contributed by atoms with E-state index in [-0.39, 0.29) is 12.5 Å². The molecule has 3 heteroatoms. The molecule has 0 atom stereocenters. The van der Waals surface area contributed by atoms with Crippen molar-refractivity contribution in [3.05, 3.63) is 48.0 Å². The second kappa shape index (κ2) is 5.46. The van der Waals surface area contributed by atoms with Crippen molar-refractivity contribution in [1.29, 1.82) is 0 Å². The SMILES string of the molecule is NCC(=O)NCCc1cccc2ccccc12. The van der Waals surface area contributed by atoms with Crippen LogP contribution in [-0.2, 0) is 11.2 Å². The van der Waals surface area contributed by atoms with Gasteiger partial charge in [-0.05, 0) is 22.8 Å². The van der Waals surface area contributed by atoms with Crippen LogP contribution in [0.15, 0.2) is 42.5 Å². The van der Waals surface area contributed by atoms with Gasteiger partial charge in [0.1, 0.15) is 0 Å². The van der Waals surface area contributed by atoms with E-state index in [0.717, 1.165) is 6.42 Å². The number of hydrogen-bond donors (Lipinski definition) is 2. The monoisotopic (exact) mass is 228 g/mol. The van der Waals surface area contributed by atoms with Gasteiger partial charge in [0.2, 0.25) is 5.91 Å². The Kier molecular flexibility index (Phi) is 3.73. The highest BCUT2D eigenvalue weighted by Gasteiger charge is 2.01. The summed E-state index contributed by atoms with van der Waals surface area (Å²) in [6.07, 6.45) is 0.826. The van der Waals surface area contributed by atoms with Crippen molar-refractivity contribution in [1.82, 2.24) is 5.32 Å². The van der Waals surface area contributed by atoms with Crippen LogP contribution >= 0.6 is 0 Å². The van der Waals surface area contributed by atoms with Crippen molar-refractivity contribution in [3.63, 3.8) is 0 Å². The Hall–Kier alpha value is -1.87. The van der Waals surface area contributed by atoms with Gasteiger partial charge in [0.25, 0.3) is 0 Å². The zero-order valence-electron chi connectivity index (χ0n) is 9.65. The van der Waals surface area contributed by atoms with E-state index in [1.54, 1.807) is 0 Å². The molecular formula is C14H16N2O. The third-order valence-electron chi connectivity index (χ3n) is 2.78. The highest BCUT2D eigenvalue weighted by atomic mass is 16.1. The van der Waals surface area contributed by atoms with Crippen LogP contribution in [0, 0.1) is 0 Å². The van der Waals surface area contributed by atoms with Gasteiger partial charge in [-0.3, -0.25) is 4.79 Å². The number of rotatable bonds is 4. The second-order valence-corrected chi connectivity index (χ2v) is 3.94. The summed E-state index contributed by atoms with van der Waals surface area (Å²) in [6.45, 7) is 0.680. The molecule has 0 aromatic heterocycles. The van der Waals surface area contributed by atoms with Gasteiger partial charge in [-0.1, -0.05) is 42.5 Å². The number of nitrogens with one attached hydrogen (secondary N) is 1. The van der Waals surface area contributed by atoms with E-state index in [1.165, 1.54) is 16.3 Å². The number of hydrogen-bond acceptors (Lipinski definition) is 2. The molecule has 0 radical (unpaired) electrons. The van der Waals surface area contributed by atoms with Gasteiger partial charge in [-0.2, -0.15) is 0 Å². The molecular weight excluding hydrogens is 212 g/mol. The Balaban J connectivity index is 2.11. The van der Waals surface area contributed by atoms with Crippen LogP contribution in [0.2, 0.25) is 0 Å². The summed E-state index contributed by atoms with van der Waals surface area (Å²) in [5, 5.41) is 5.26. The summed E-state index contributed by atoms with van der Waals surface area (Å²) in [5.74, 6) is -0.106. The number of benzene rings is 2. The summed E-state index contributed by atoms with van der Waals surface area (Å²) in [5.41, 5.74) is 6.48. The Bertz CT molecular complexity index is 517. The third-order valence-corrected chi connectivity index (χ3v) is 2.78. The van der Waals surface area contributed by atoms with Gasteiger partial charge in [0.15, 0.2) is 0 Å². The van der Waals surface area contributed by atoms with Crippen LogP contribution in [0.1, 0.15) is 5.56 Å². The maximum Gasteiger partial charge on any atom is 0.233 e. The maximum atomic E-state index is 11.0. The minimum atomic E-state index is -0.106. The van der Waals surface area contributed by atoms with Crippen LogP contribution in [0.25, 0.3) is 10.8 Å². The van der Waals surface area contributed by atoms with Crippen LogP contribution < -0.4 is 11.1 Å². The molecule has 2 aromatic carbocycles. The van der Waals surface area contributed by atoms with Gasteiger partial charge < -0.3 is 11.1 Å². The van der Waals surface area contributed by atoms with E-state index >= 15 is 0 Å². The van der Waals surface area contributed by atoms with Crippen LogP contribution in [0.5, 0.6) is 0 Å². The average molecular weight is 228 g/mol. The van der Waals surface area contributed by atoms with E-state index < -0.39 is 0 Å². The largest absolute Gasteiger partial charge is 0.355 e. The quantitative estimate of drug-likeness (QED) is 0.832. The number of carbonyl (C=O) groups excluding carboxylic acids is 1. The van der Waals surface area contributed by atoms with E-state index in [4.69, 9.17) is 5.73 Å². The third kappa shape index (κ3) is 2.82. The van der Waals surface area contributed by atoms with E-state index in [9.17, 15) is 4.79 Å². The molecule has 17 heavy (non-hydrogen) atoms. The van der Waals surface area contributed by atoms with Gasteiger partial charge in [-0.25, -0.2) is 0 Å². The fourth-order valence-corrected chi connectivity index (χ4v) is 1.92. The fourth-order valence-electron chi connectivity index (χ4n) is 1.92. The molecule has 0 saturated heterocycles. The molecule has 0 aliphatic carbocycles. The number of nitrogens with two attached hydrogens (primary N) is 1. The Morgan fingerprint density at radius 3 is 2.71 bits per heavy atom. The lowest BCUT2D eigenvalue weighted by atomic mass is 10.0. The van der Waals surface area contributed by atoms with Crippen molar-refractivity contribution in [2.45, 2.75) is 6.42 Å². The molecule has 0 saturated carbocycles. The summed E-state index contributed by atoms with van der Waals surface area (Å²) < 4.78 is 0. The lowest BCUT2D eigenvalue weighted by Gasteiger charge is -2.07. The topological polar surface area (TPSA) is 55.1 Å². The molecule has 88 valence electrons. The van der Waals surface area contributed by atoms with Crippen molar-refractivity contribution >= 4 is 16.7 Å². The summed E-state index contributed by atoms with van der Waals surface area (Å²) in [4.78, 5) is 11.0. The van der Waals surface area contributed by atoms with Crippen molar-refractivity contribution in [3.8, 4) is 0 Å². The molecule has 0 aliphatic rings. The van der Waals surface area contributed by atoms with Crippen LogP contribution in [-0.4, -0.2) is 19.0 Å². The van der Waals surface area contributed by atoms with Gasteiger partial charge in [0.05, 0.1) is 6.54 Å². The summed E-state index contributed by atoms with van der Waals surface area (Å²) >= 11 is 0. The van der Waals surface area contributed by atoms with Crippen molar-refractivity contribution < 1.29 is 4.79 Å². The highest BCUT2D eigenvalue weighted by molar-refractivity contribution is 5.85. The molecule has 3 nitrogen and oxygen atoms in total. The number of carbonyl (C=O) groups is 1. The summed E-state index contributed by atoms with van der Waals surface area (Å²) in [7, 11) is 0. The zero-order valence-corrected chi connectivity index (χ0v) is 9.65. The molecule has 0 fully saturated rings. The molecule has 2 aromatic rings. The van der Waals surface area contributed by atoms with E-state index in [2.05, 4.69) is 29.6 Å². The number of amides is 1. The minimum absolute atomic E-state index is 0.0511. The predicted molar refractivity (Wildman–Crippen MR) is 69.7 cm³/mol. The van der Waals surface area contributed by atoms with Gasteiger partial charge in [-0.15, -0.1) is 0 Å². The normalized spacial score (nSPS) is 10.4. The first-order valence-corrected chi connectivity index (χ1v) is 5.74. The fraction of sp³-hybridized carbons (Fsp3) is 0.214. The van der Waals surface area contributed by atoms with Gasteiger partial charge >= 0.3 is 0 Å². The van der Waals surface area contributed by atoms with Gasteiger partial charge in [0, 0.05) is 6.54 Å². The Morgan fingerprint density at radius 2 is 1.88 bits per heavy atom. The summed E-state index contributed by atoms with van der Waals surface area (Å²) in [6, 6.07) is 14.5. The zero-order chi connectivity index (χ0) is 12.1.